The number of hydrogen-bond donors (Lipinski definition) is 3. The topological polar surface area (TPSA) is 92.8 Å². The molecule has 0 radical (unpaired) electrons. The molecule has 1 aromatic carbocycles. The first-order valence-corrected chi connectivity index (χ1v) is 6.33. The SMILES string of the molecule is CC(C)CCOC(=O)C(N)Cc1ccc(O)c(O)c1. The van der Waals surface area contributed by atoms with Gasteiger partial charge in [0, 0.05) is 0 Å². The van der Waals surface area contributed by atoms with Gasteiger partial charge in [0.25, 0.3) is 0 Å². The van der Waals surface area contributed by atoms with Crippen molar-refractivity contribution in [2.45, 2.75) is 32.7 Å². The molecule has 0 spiro atoms. The van der Waals surface area contributed by atoms with E-state index in [1.165, 1.54) is 12.1 Å². The molecule has 5 heteroatoms. The molecule has 4 N–H and O–H groups in total. The summed E-state index contributed by atoms with van der Waals surface area (Å²) in [5.74, 6) is -0.402. The van der Waals surface area contributed by atoms with E-state index in [4.69, 9.17) is 10.5 Å². The minimum absolute atomic E-state index is 0.197. The highest BCUT2D eigenvalue weighted by Gasteiger charge is 2.16. The maximum Gasteiger partial charge on any atom is 0.323 e. The second-order valence-electron chi connectivity index (χ2n) is 4.98. The van der Waals surface area contributed by atoms with Crippen LogP contribution in [0.2, 0.25) is 0 Å². The smallest absolute Gasteiger partial charge is 0.323 e. The molecule has 5 nitrogen and oxygen atoms in total. The average molecular weight is 267 g/mol. The first-order chi connectivity index (χ1) is 8.90. The fraction of sp³-hybridized carbons (Fsp3) is 0.500. The summed E-state index contributed by atoms with van der Waals surface area (Å²) in [6, 6.07) is 3.59. The van der Waals surface area contributed by atoms with Gasteiger partial charge < -0.3 is 20.7 Å². The van der Waals surface area contributed by atoms with Crippen LogP contribution in [0, 0.1) is 5.92 Å². The third kappa shape index (κ3) is 5.18. The molecule has 0 saturated heterocycles. The van der Waals surface area contributed by atoms with Gasteiger partial charge in [-0.1, -0.05) is 19.9 Å². The van der Waals surface area contributed by atoms with Crippen LogP contribution in [0.4, 0.5) is 0 Å². The van der Waals surface area contributed by atoms with E-state index in [1.54, 1.807) is 6.07 Å². The first-order valence-electron chi connectivity index (χ1n) is 6.33. The summed E-state index contributed by atoms with van der Waals surface area (Å²) in [5.41, 5.74) is 6.41. The highest BCUT2D eigenvalue weighted by Crippen LogP contribution is 2.25. The third-order valence-corrected chi connectivity index (χ3v) is 2.74. The summed E-state index contributed by atoms with van der Waals surface area (Å²) in [6.07, 6.45) is 1.06. The van der Waals surface area contributed by atoms with Crippen molar-refractivity contribution in [3.8, 4) is 11.5 Å². The summed E-state index contributed by atoms with van der Waals surface area (Å²) in [5, 5.41) is 18.5. The van der Waals surface area contributed by atoms with Crippen molar-refractivity contribution >= 4 is 5.97 Å². The number of phenols is 2. The molecular weight excluding hydrogens is 246 g/mol. The summed E-state index contributed by atoms with van der Waals surface area (Å²) in [4.78, 5) is 11.6. The van der Waals surface area contributed by atoms with E-state index in [2.05, 4.69) is 0 Å². The lowest BCUT2D eigenvalue weighted by Crippen LogP contribution is -2.34. The quantitative estimate of drug-likeness (QED) is 0.537. The molecule has 0 heterocycles. The van der Waals surface area contributed by atoms with Gasteiger partial charge in [0.05, 0.1) is 6.61 Å². The van der Waals surface area contributed by atoms with Gasteiger partial charge in [-0.15, -0.1) is 0 Å². The molecule has 0 bridgehead atoms. The largest absolute Gasteiger partial charge is 0.504 e. The Morgan fingerprint density at radius 1 is 1.32 bits per heavy atom. The van der Waals surface area contributed by atoms with Crippen LogP contribution in [-0.2, 0) is 16.0 Å². The predicted molar refractivity (Wildman–Crippen MR) is 71.9 cm³/mol. The Morgan fingerprint density at radius 3 is 2.58 bits per heavy atom. The number of phenolic OH excluding ortho intramolecular Hbond substituents is 2. The highest BCUT2D eigenvalue weighted by atomic mass is 16.5. The zero-order valence-electron chi connectivity index (χ0n) is 11.3. The van der Waals surface area contributed by atoms with Crippen LogP contribution in [0.1, 0.15) is 25.8 Å². The van der Waals surface area contributed by atoms with Crippen molar-refractivity contribution in [1.82, 2.24) is 0 Å². The Morgan fingerprint density at radius 2 is 2.00 bits per heavy atom. The zero-order valence-corrected chi connectivity index (χ0v) is 11.3. The minimum atomic E-state index is -0.767. The Kier molecular flexibility index (Phi) is 5.63. The summed E-state index contributed by atoms with van der Waals surface area (Å²) in [7, 11) is 0. The summed E-state index contributed by atoms with van der Waals surface area (Å²) < 4.78 is 5.06. The molecular formula is C14H21NO4. The van der Waals surface area contributed by atoms with Crippen LogP contribution < -0.4 is 5.73 Å². The molecule has 0 fully saturated rings. The van der Waals surface area contributed by atoms with Gasteiger partial charge in [0.2, 0.25) is 0 Å². The highest BCUT2D eigenvalue weighted by molar-refractivity contribution is 5.75. The van der Waals surface area contributed by atoms with E-state index in [9.17, 15) is 15.0 Å². The molecule has 19 heavy (non-hydrogen) atoms. The lowest BCUT2D eigenvalue weighted by atomic mass is 10.1. The summed E-state index contributed by atoms with van der Waals surface area (Å²) in [6.45, 7) is 4.46. The molecule has 0 aliphatic rings. The van der Waals surface area contributed by atoms with Crippen LogP contribution >= 0.6 is 0 Å². The lowest BCUT2D eigenvalue weighted by Gasteiger charge is -2.12. The van der Waals surface area contributed by atoms with E-state index in [-0.39, 0.29) is 17.9 Å². The Balaban J connectivity index is 2.47. The number of carbonyl (C=O) groups excluding carboxylic acids is 1. The fourth-order valence-electron chi connectivity index (χ4n) is 1.54. The van der Waals surface area contributed by atoms with Gasteiger partial charge in [-0.3, -0.25) is 4.79 Å². The maximum atomic E-state index is 11.6. The number of hydrogen-bond acceptors (Lipinski definition) is 5. The van der Waals surface area contributed by atoms with E-state index >= 15 is 0 Å². The molecule has 0 amide bonds. The molecule has 0 saturated carbocycles. The minimum Gasteiger partial charge on any atom is -0.504 e. The Bertz CT molecular complexity index is 431. The molecule has 0 aromatic heterocycles. The molecule has 1 rings (SSSR count). The van der Waals surface area contributed by atoms with Crippen molar-refractivity contribution in [3.63, 3.8) is 0 Å². The zero-order chi connectivity index (χ0) is 14.4. The number of nitrogens with two attached hydrogens (primary N) is 1. The molecule has 106 valence electrons. The first kappa shape index (κ1) is 15.3. The number of rotatable bonds is 6. The Hall–Kier alpha value is -1.75. The number of carbonyl (C=O) groups is 1. The number of aromatic hydroxyl groups is 2. The molecule has 1 atom stereocenters. The van der Waals surface area contributed by atoms with E-state index in [0.717, 1.165) is 6.42 Å². The maximum absolute atomic E-state index is 11.6. The van der Waals surface area contributed by atoms with Crippen LogP contribution in [-0.4, -0.2) is 28.8 Å². The van der Waals surface area contributed by atoms with Crippen LogP contribution in [0.3, 0.4) is 0 Å². The summed E-state index contributed by atoms with van der Waals surface area (Å²) >= 11 is 0. The van der Waals surface area contributed by atoms with Gasteiger partial charge in [-0.25, -0.2) is 0 Å². The lowest BCUT2D eigenvalue weighted by molar-refractivity contribution is -0.145. The molecule has 0 aliphatic carbocycles. The van der Waals surface area contributed by atoms with Crippen molar-refractivity contribution in [2.75, 3.05) is 6.61 Å². The number of benzene rings is 1. The normalized spacial score (nSPS) is 12.4. The van der Waals surface area contributed by atoms with Crippen molar-refractivity contribution < 1.29 is 19.7 Å². The second kappa shape index (κ2) is 6.99. The van der Waals surface area contributed by atoms with E-state index in [1.807, 2.05) is 13.8 Å². The number of esters is 1. The Labute approximate surface area is 113 Å². The van der Waals surface area contributed by atoms with E-state index < -0.39 is 12.0 Å². The van der Waals surface area contributed by atoms with Gasteiger partial charge in [-0.05, 0) is 36.5 Å². The van der Waals surface area contributed by atoms with Crippen molar-refractivity contribution in [2.24, 2.45) is 11.7 Å². The third-order valence-electron chi connectivity index (χ3n) is 2.74. The molecule has 1 unspecified atom stereocenters. The fourth-order valence-corrected chi connectivity index (χ4v) is 1.54. The van der Waals surface area contributed by atoms with Gasteiger partial charge >= 0.3 is 5.97 Å². The van der Waals surface area contributed by atoms with Crippen LogP contribution in [0.15, 0.2) is 18.2 Å². The average Bonchev–Trinajstić information content (AvgIpc) is 2.33. The molecule has 0 aliphatic heterocycles. The van der Waals surface area contributed by atoms with Crippen LogP contribution in [0.25, 0.3) is 0 Å². The van der Waals surface area contributed by atoms with Crippen LogP contribution in [0.5, 0.6) is 11.5 Å². The molecule has 1 aromatic rings. The second-order valence-corrected chi connectivity index (χ2v) is 4.98. The van der Waals surface area contributed by atoms with E-state index in [0.29, 0.717) is 18.1 Å². The van der Waals surface area contributed by atoms with Crippen molar-refractivity contribution in [3.05, 3.63) is 23.8 Å². The van der Waals surface area contributed by atoms with Gasteiger partial charge in [-0.2, -0.15) is 0 Å². The predicted octanol–water partition coefficient (Wildman–Crippen LogP) is 1.56. The van der Waals surface area contributed by atoms with Gasteiger partial charge in [0.15, 0.2) is 11.5 Å². The monoisotopic (exact) mass is 267 g/mol. The standard InChI is InChI=1S/C14H21NO4/c1-9(2)5-6-19-14(18)11(15)7-10-3-4-12(16)13(17)8-10/h3-4,8-9,11,16-17H,5-7,15H2,1-2H3. The van der Waals surface area contributed by atoms with Crippen molar-refractivity contribution in [1.29, 1.82) is 0 Å². The van der Waals surface area contributed by atoms with Gasteiger partial charge in [0.1, 0.15) is 6.04 Å². The number of ether oxygens (including phenoxy) is 1.